The van der Waals surface area contributed by atoms with E-state index in [-0.39, 0.29) is 41.5 Å². The fourth-order valence-electron chi connectivity index (χ4n) is 4.39. The van der Waals surface area contributed by atoms with E-state index in [0.29, 0.717) is 12.0 Å². The molecule has 1 heterocycles. The molecule has 12 nitrogen and oxygen atoms in total. The summed E-state index contributed by atoms with van der Waals surface area (Å²) in [5, 5.41) is 25.0. The van der Waals surface area contributed by atoms with E-state index in [1.807, 2.05) is 13.0 Å². The molecular weight excluding hydrogens is 573 g/mol. The summed E-state index contributed by atoms with van der Waals surface area (Å²) in [7, 11) is 0. The molecule has 1 aromatic carbocycles. The van der Waals surface area contributed by atoms with Gasteiger partial charge in [0.2, 0.25) is 5.78 Å². The van der Waals surface area contributed by atoms with Crippen LogP contribution in [0.2, 0.25) is 0 Å². The lowest BCUT2D eigenvalue weighted by atomic mass is 9.88. The Morgan fingerprint density at radius 3 is 2.52 bits per heavy atom. The Hall–Kier alpha value is -4.41. The van der Waals surface area contributed by atoms with Crippen LogP contribution >= 0.6 is 0 Å². The number of hydrogen-bond acceptors (Lipinski definition) is 10. The van der Waals surface area contributed by atoms with Crippen molar-refractivity contribution in [2.75, 3.05) is 11.9 Å². The number of nitrogens with two attached hydrogens (primary N) is 1. The maximum Gasteiger partial charge on any atom is 0.323 e. The minimum absolute atomic E-state index is 0.0311. The number of anilines is 1. The number of carbonyl (C=O) groups excluding carboxylic acids is 4. The predicted molar refractivity (Wildman–Crippen MR) is 157 cm³/mol. The Balaban J connectivity index is 1.77. The molecule has 1 aliphatic rings. The number of ether oxygens (including phenoxy) is 2. The molecule has 1 saturated carbocycles. The molecule has 2 amide bonds. The highest BCUT2D eigenvalue weighted by Crippen LogP contribution is 2.47. The molecule has 5 N–H and O–H groups in total. The van der Waals surface area contributed by atoms with Crippen LogP contribution < -0.4 is 21.1 Å². The third-order valence-corrected chi connectivity index (χ3v) is 7.60. The zero-order valence-electron chi connectivity index (χ0n) is 25.3. The number of nitrogens with zero attached hydrogens (tertiary/aromatic N) is 2. The zero-order chi connectivity index (χ0) is 32.8. The van der Waals surface area contributed by atoms with E-state index in [4.69, 9.17) is 20.5 Å². The quantitative estimate of drug-likeness (QED) is 0.139. The maximum absolute atomic E-state index is 15.3. The number of carbonyl (C=O) groups is 4. The Morgan fingerprint density at radius 1 is 1.23 bits per heavy atom. The maximum atomic E-state index is 15.3. The van der Waals surface area contributed by atoms with Gasteiger partial charge >= 0.3 is 12.0 Å². The van der Waals surface area contributed by atoms with Gasteiger partial charge in [0.1, 0.15) is 36.1 Å². The van der Waals surface area contributed by atoms with Crippen molar-refractivity contribution in [3.63, 3.8) is 0 Å². The lowest BCUT2D eigenvalue weighted by molar-refractivity contribution is -0.160. The lowest BCUT2D eigenvalue weighted by Gasteiger charge is -2.27. The van der Waals surface area contributed by atoms with Gasteiger partial charge in [-0.15, -0.1) is 0 Å². The molecule has 0 radical (unpaired) electrons. The topological polar surface area (TPSA) is 194 Å². The van der Waals surface area contributed by atoms with E-state index in [1.54, 1.807) is 13.8 Å². The van der Waals surface area contributed by atoms with Crippen LogP contribution in [0.4, 0.5) is 15.0 Å². The number of amides is 2. The number of nitrogens with one attached hydrogen (secondary N) is 2. The number of nitriles is 1. The fourth-order valence-corrected chi connectivity index (χ4v) is 4.39. The van der Waals surface area contributed by atoms with Gasteiger partial charge in [0.15, 0.2) is 5.78 Å². The molecule has 5 atom stereocenters. The predicted octanol–water partition coefficient (Wildman–Crippen LogP) is 3.57. The first-order valence-corrected chi connectivity index (χ1v) is 14.3. The largest absolute Gasteiger partial charge is 0.463 e. The SMILES string of the molecule is CCC(=O)c1ccc(F)c(C2CC2NC(=O)Nc2ccc(C#N)cn2)c1OC(O)C(=O)C(C)(C)COC(=O)[C@@H](N)[C@@H](C)CC. The second-order valence-electron chi connectivity index (χ2n) is 11.4. The van der Waals surface area contributed by atoms with E-state index in [0.717, 1.165) is 6.07 Å². The first-order chi connectivity index (χ1) is 20.7. The Bertz CT molecular complexity index is 1440. The highest BCUT2D eigenvalue weighted by atomic mass is 19.1. The van der Waals surface area contributed by atoms with Gasteiger partial charge in [-0.1, -0.05) is 27.2 Å². The van der Waals surface area contributed by atoms with Crippen molar-refractivity contribution in [3.8, 4) is 11.8 Å². The minimum atomic E-state index is -2.13. The first kappa shape index (κ1) is 34.1. The molecule has 3 rings (SSSR count). The second kappa shape index (κ2) is 14.4. The van der Waals surface area contributed by atoms with Crippen molar-refractivity contribution in [1.82, 2.24) is 10.3 Å². The van der Waals surface area contributed by atoms with Crippen LogP contribution in [-0.2, 0) is 14.3 Å². The van der Waals surface area contributed by atoms with Gasteiger partial charge < -0.3 is 25.6 Å². The summed E-state index contributed by atoms with van der Waals surface area (Å²) in [5.74, 6) is -3.60. The molecule has 0 bridgehead atoms. The van der Waals surface area contributed by atoms with Crippen molar-refractivity contribution in [2.45, 2.75) is 78.2 Å². The van der Waals surface area contributed by atoms with Gasteiger partial charge in [-0.05, 0) is 50.5 Å². The Kier molecular flexibility index (Phi) is 11.1. The van der Waals surface area contributed by atoms with Crippen molar-refractivity contribution in [1.29, 1.82) is 5.26 Å². The third-order valence-electron chi connectivity index (χ3n) is 7.60. The van der Waals surface area contributed by atoms with Gasteiger partial charge in [-0.25, -0.2) is 14.2 Å². The number of pyridine rings is 1. The van der Waals surface area contributed by atoms with Crippen LogP contribution in [0.15, 0.2) is 30.5 Å². The summed E-state index contributed by atoms with van der Waals surface area (Å²) < 4.78 is 26.2. The number of rotatable bonds is 14. The number of Topliss-reactive ketones (excluding diaryl/α,β-unsaturated/α-hetero) is 2. The summed E-state index contributed by atoms with van der Waals surface area (Å²) in [5.41, 5.74) is 4.70. The van der Waals surface area contributed by atoms with E-state index in [1.165, 1.54) is 38.2 Å². The number of aliphatic hydroxyl groups excluding tert-OH is 1. The van der Waals surface area contributed by atoms with Crippen LogP contribution in [0.25, 0.3) is 0 Å². The number of ketones is 2. The van der Waals surface area contributed by atoms with Gasteiger partial charge in [0.05, 0.1) is 16.5 Å². The van der Waals surface area contributed by atoms with Gasteiger partial charge in [0, 0.05) is 30.1 Å². The number of benzene rings is 1. The average molecular weight is 612 g/mol. The van der Waals surface area contributed by atoms with Crippen LogP contribution in [0.1, 0.15) is 81.3 Å². The Morgan fingerprint density at radius 2 is 1.93 bits per heavy atom. The summed E-state index contributed by atoms with van der Waals surface area (Å²) >= 11 is 0. The van der Waals surface area contributed by atoms with E-state index >= 15 is 4.39 Å². The summed E-state index contributed by atoms with van der Waals surface area (Å²) in [6.07, 6.45) is 0.135. The Labute approximate surface area is 255 Å². The fraction of sp³-hybridized carbons (Fsp3) is 0.484. The van der Waals surface area contributed by atoms with Crippen molar-refractivity contribution < 1.29 is 38.1 Å². The highest BCUT2D eigenvalue weighted by Gasteiger charge is 2.45. The number of aliphatic hydroxyl groups is 1. The third kappa shape index (κ3) is 8.15. The molecule has 1 aliphatic carbocycles. The summed E-state index contributed by atoms with van der Waals surface area (Å²) in [4.78, 5) is 54.9. The van der Waals surface area contributed by atoms with Gasteiger partial charge in [-0.3, -0.25) is 19.7 Å². The van der Waals surface area contributed by atoms with Crippen LogP contribution in [0.5, 0.6) is 5.75 Å². The molecule has 3 unspecified atom stereocenters. The number of hydrogen-bond donors (Lipinski definition) is 4. The average Bonchev–Trinajstić information content (AvgIpc) is 3.76. The molecule has 0 aliphatic heterocycles. The minimum Gasteiger partial charge on any atom is -0.463 e. The molecular formula is C31H38FN5O7. The van der Waals surface area contributed by atoms with Crippen molar-refractivity contribution in [3.05, 3.63) is 53.0 Å². The van der Waals surface area contributed by atoms with Gasteiger partial charge in [0.25, 0.3) is 6.29 Å². The lowest BCUT2D eigenvalue weighted by Crippen LogP contribution is -2.44. The normalized spacial score (nSPS) is 17.8. The summed E-state index contributed by atoms with van der Waals surface area (Å²) in [6.45, 7) is 7.75. The molecule has 236 valence electrons. The smallest absolute Gasteiger partial charge is 0.323 e. The van der Waals surface area contributed by atoms with Crippen molar-refractivity contribution >= 4 is 29.4 Å². The molecule has 1 aromatic heterocycles. The van der Waals surface area contributed by atoms with E-state index < -0.39 is 65.7 Å². The number of urea groups is 1. The van der Waals surface area contributed by atoms with Crippen LogP contribution in [-0.4, -0.2) is 58.6 Å². The standard InChI is InChI=1S/C31H38FN5O7/c1-6-16(3)25(34)28(40)43-15-31(4,5)27(39)29(41)44-26-18(22(38)7-2)9-10-20(32)24(26)19-12-21(19)36-30(42)37-23-11-8-17(13-33)14-35-23/h8-11,14,16,19,21,25,29,41H,6-7,12,15,34H2,1-5H3,(H2,35,36,37,42)/t16-,19?,21?,25-,29?/m0/s1. The van der Waals surface area contributed by atoms with Crippen molar-refractivity contribution in [2.24, 2.45) is 17.1 Å². The second-order valence-corrected chi connectivity index (χ2v) is 11.4. The molecule has 2 aromatic rings. The molecule has 13 heteroatoms. The zero-order valence-corrected chi connectivity index (χ0v) is 25.3. The molecule has 44 heavy (non-hydrogen) atoms. The molecule has 0 saturated heterocycles. The van der Waals surface area contributed by atoms with Crippen LogP contribution in [0.3, 0.4) is 0 Å². The number of halogens is 1. The highest BCUT2D eigenvalue weighted by molar-refractivity contribution is 5.99. The molecule has 1 fully saturated rings. The monoisotopic (exact) mass is 611 g/mol. The van der Waals surface area contributed by atoms with Gasteiger partial charge in [-0.2, -0.15) is 5.26 Å². The summed E-state index contributed by atoms with van der Waals surface area (Å²) in [6, 6.07) is 5.11. The first-order valence-electron chi connectivity index (χ1n) is 14.3. The molecule has 0 spiro atoms. The van der Waals surface area contributed by atoms with E-state index in [2.05, 4.69) is 15.6 Å². The number of aromatic nitrogens is 1. The van der Waals surface area contributed by atoms with E-state index in [9.17, 15) is 24.3 Å². The van der Waals surface area contributed by atoms with Crippen LogP contribution in [0, 0.1) is 28.5 Å². The number of esters is 1.